The molecule has 2 aromatic carbocycles. The molecular weight excluding hydrogens is 312 g/mol. The first kappa shape index (κ1) is 17.0. The van der Waals surface area contributed by atoms with E-state index in [1.165, 1.54) is 16.7 Å². The highest BCUT2D eigenvalue weighted by atomic mass is 35.5. The van der Waals surface area contributed by atoms with Crippen molar-refractivity contribution in [2.45, 2.75) is 13.8 Å². The third kappa shape index (κ3) is 3.90. The molecule has 0 radical (unpaired) electrons. The number of hydrogen-bond acceptors (Lipinski definition) is 2. The van der Waals surface area contributed by atoms with Gasteiger partial charge in [0.15, 0.2) is 0 Å². The summed E-state index contributed by atoms with van der Waals surface area (Å²) >= 11 is 6.12. The zero-order valence-electron chi connectivity index (χ0n) is 13.4. The van der Waals surface area contributed by atoms with Gasteiger partial charge in [-0.15, -0.1) is 0 Å². The maximum Gasteiger partial charge on any atom is 0.246 e. The highest BCUT2D eigenvalue weighted by Gasteiger charge is 2.21. The molecular formula is C18H19ClN2O2. The largest absolute Gasteiger partial charge is 0.314 e. The number of likely N-dealkylation sites (N-methyl/N-ethyl adjacent to an activating group) is 1. The molecule has 2 aromatic rings. The van der Waals surface area contributed by atoms with E-state index in [1.54, 1.807) is 25.2 Å². The molecule has 0 aliphatic heterocycles. The number of hydrogen-bond donors (Lipinski definition) is 0. The molecule has 2 rings (SSSR count). The molecule has 4 nitrogen and oxygen atoms in total. The van der Waals surface area contributed by atoms with Gasteiger partial charge in [-0.3, -0.25) is 9.59 Å². The lowest BCUT2D eigenvalue weighted by Crippen LogP contribution is -2.41. The van der Waals surface area contributed by atoms with Crippen LogP contribution in [0.25, 0.3) is 0 Å². The Hall–Kier alpha value is -2.33. The fourth-order valence-electron chi connectivity index (χ4n) is 2.29. The van der Waals surface area contributed by atoms with Crippen LogP contribution in [-0.2, 0) is 9.59 Å². The molecule has 0 atom stereocenters. The fraction of sp³-hybridized carbons (Fsp3) is 0.222. The van der Waals surface area contributed by atoms with Crippen molar-refractivity contribution in [2.75, 3.05) is 23.4 Å². The molecule has 0 fully saturated rings. The first-order valence-corrected chi connectivity index (χ1v) is 7.64. The number of para-hydroxylation sites is 1. The van der Waals surface area contributed by atoms with Crippen LogP contribution in [0.2, 0.25) is 5.02 Å². The lowest BCUT2D eigenvalue weighted by atomic mass is 10.1. The van der Waals surface area contributed by atoms with Crippen LogP contribution in [0.1, 0.15) is 12.5 Å². The predicted octanol–water partition coefficient (Wildman–Crippen LogP) is 3.66. The van der Waals surface area contributed by atoms with E-state index in [4.69, 9.17) is 11.6 Å². The van der Waals surface area contributed by atoms with E-state index in [9.17, 15) is 9.59 Å². The van der Waals surface area contributed by atoms with Gasteiger partial charge in [0.05, 0.1) is 0 Å². The number of rotatable bonds is 4. The number of halogens is 1. The van der Waals surface area contributed by atoms with Crippen LogP contribution in [0.3, 0.4) is 0 Å². The topological polar surface area (TPSA) is 40.6 Å². The Kier molecular flexibility index (Phi) is 5.40. The van der Waals surface area contributed by atoms with Crippen LogP contribution in [0.5, 0.6) is 0 Å². The third-order valence-corrected chi connectivity index (χ3v) is 4.13. The average Bonchev–Trinajstić information content (AvgIpc) is 2.55. The van der Waals surface area contributed by atoms with Gasteiger partial charge in [-0.05, 0) is 36.8 Å². The van der Waals surface area contributed by atoms with Crippen molar-refractivity contribution in [1.29, 1.82) is 0 Å². The lowest BCUT2D eigenvalue weighted by Gasteiger charge is -2.26. The van der Waals surface area contributed by atoms with Crippen LogP contribution >= 0.6 is 11.6 Å². The second kappa shape index (κ2) is 7.29. The van der Waals surface area contributed by atoms with Gasteiger partial charge in [0.2, 0.25) is 11.8 Å². The molecule has 0 aromatic heterocycles. The Morgan fingerprint density at radius 1 is 1.04 bits per heavy atom. The average molecular weight is 331 g/mol. The summed E-state index contributed by atoms with van der Waals surface area (Å²) in [6.07, 6.45) is 0. The summed E-state index contributed by atoms with van der Waals surface area (Å²) in [4.78, 5) is 27.5. The number of anilines is 2. The van der Waals surface area contributed by atoms with E-state index < -0.39 is 0 Å². The number of benzene rings is 2. The number of carbonyl (C=O) groups is 2. The predicted molar refractivity (Wildman–Crippen MR) is 94.1 cm³/mol. The molecule has 0 heterocycles. The summed E-state index contributed by atoms with van der Waals surface area (Å²) in [6.45, 7) is 3.23. The minimum atomic E-state index is -0.204. The van der Waals surface area contributed by atoms with Gasteiger partial charge in [-0.1, -0.05) is 35.9 Å². The molecule has 0 bridgehead atoms. The van der Waals surface area contributed by atoms with E-state index in [0.717, 1.165) is 11.3 Å². The van der Waals surface area contributed by atoms with Crippen molar-refractivity contribution in [1.82, 2.24) is 0 Å². The van der Waals surface area contributed by atoms with Crippen molar-refractivity contribution in [3.8, 4) is 0 Å². The minimum absolute atomic E-state index is 0.0398. The molecule has 0 saturated carbocycles. The Bertz CT molecular complexity index is 716. The Morgan fingerprint density at radius 2 is 1.70 bits per heavy atom. The van der Waals surface area contributed by atoms with Crippen molar-refractivity contribution in [3.63, 3.8) is 0 Å². The van der Waals surface area contributed by atoms with Crippen LogP contribution in [0, 0.1) is 6.92 Å². The first-order chi connectivity index (χ1) is 10.9. The molecule has 0 N–H and O–H groups in total. The van der Waals surface area contributed by atoms with Crippen molar-refractivity contribution < 1.29 is 9.59 Å². The quantitative estimate of drug-likeness (QED) is 0.858. The molecule has 0 unspecified atom stereocenters. The molecule has 2 amide bonds. The Labute approximate surface area is 141 Å². The Morgan fingerprint density at radius 3 is 2.30 bits per heavy atom. The van der Waals surface area contributed by atoms with Gasteiger partial charge in [-0.2, -0.15) is 0 Å². The zero-order valence-corrected chi connectivity index (χ0v) is 14.2. The maximum atomic E-state index is 12.5. The van der Waals surface area contributed by atoms with Crippen LogP contribution in [0.15, 0.2) is 48.5 Å². The highest BCUT2D eigenvalue weighted by Crippen LogP contribution is 2.27. The molecule has 0 aliphatic carbocycles. The van der Waals surface area contributed by atoms with Crippen LogP contribution in [-0.4, -0.2) is 25.4 Å². The van der Waals surface area contributed by atoms with E-state index in [2.05, 4.69) is 0 Å². The second-order valence-electron chi connectivity index (χ2n) is 5.28. The van der Waals surface area contributed by atoms with E-state index >= 15 is 0 Å². The van der Waals surface area contributed by atoms with E-state index in [0.29, 0.717) is 10.7 Å². The Balaban J connectivity index is 2.25. The number of nitrogens with zero attached hydrogens (tertiary/aromatic N) is 2. The van der Waals surface area contributed by atoms with Crippen LogP contribution in [0.4, 0.5) is 11.4 Å². The maximum absolute atomic E-state index is 12.5. The molecule has 5 heteroatoms. The van der Waals surface area contributed by atoms with Gasteiger partial charge < -0.3 is 9.80 Å². The van der Waals surface area contributed by atoms with Crippen molar-refractivity contribution >= 4 is 34.8 Å². The second-order valence-corrected chi connectivity index (χ2v) is 5.68. The van der Waals surface area contributed by atoms with E-state index in [1.807, 2.05) is 37.3 Å². The summed E-state index contributed by atoms with van der Waals surface area (Å²) in [7, 11) is 1.70. The van der Waals surface area contributed by atoms with Gasteiger partial charge >= 0.3 is 0 Å². The zero-order chi connectivity index (χ0) is 17.0. The third-order valence-electron chi connectivity index (χ3n) is 3.72. The first-order valence-electron chi connectivity index (χ1n) is 7.26. The fourth-order valence-corrected chi connectivity index (χ4v) is 2.46. The molecule has 0 spiro atoms. The number of carbonyl (C=O) groups excluding carboxylic acids is 2. The molecule has 0 saturated heterocycles. The summed E-state index contributed by atoms with van der Waals surface area (Å²) in [5.41, 5.74) is 2.21. The molecule has 23 heavy (non-hydrogen) atoms. The summed E-state index contributed by atoms with van der Waals surface area (Å²) in [5, 5.41) is 0.567. The normalized spacial score (nSPS) is 10.3. The SMILES string of the molecule is CC(=O)N(CC(=O)N(C)c1ccccc1)c1cccc(Cl)c1C. The molecule has 0 aliphatic rings. The van der Waals surface area contributed by atoms with E-state index in [-0.39, 0.29) is 18.4 Å². The highest BCUT2D eigenvalue weighted by molar-refractivity contribution is 6.31. The minimum Gasteiger partial charge on any atom is -0.314 e. The van der Waals surface area contributed by atoms with Crippen molar-refractivity contribution in [2.24, 2.45) is 0 Å². The summed E-state index contributed by atoms with van der Waals surface area (Å²) < 4.78 is 0. The number of amides is 2. The van der Waals surface area contributed by atoms with Gasteiger partial charge in [0, 0.05) is 30.4 Å². The van der Waals surface area contributed by atoms with Gasteiger partial charge in [0.25, 0.3) is 0 Å². The van der Waals surface area contributed by atoms with Crippen LogP contribution < -0.4 is 9.80 Å². The van der Waals surface area contributed by atoms with Gasteiger partial charge in [-0.25, -0.2) is 0 Å². The monoisotopic (exact) mass is 330 g/mol. The van der Waals surface area contributed by atoms with Gasteiger partial charge in [0.1, 0.15) is 6.54 Å². The standard InChI is InChI=1S/C18H19ClN2O2/c1-13-16(19)10-7-11-17(13)21(14(2)22)12-18(23)20(3)15-8-5-4-6-9-15/h4-11H,12H2,1-3H3. The van der Waals surface area contributed by atoms with Crippen molar-refractivity contribution in [3.05, 3.63) is 59.1 Å². The summed E-state index contributed by atoms with van der Waals surface area (Å²) in [5.74, 6) is -0.379. The molecule has 120 valence electrons. The summed E-state index contributed by atoms with van der Waals surface area (Å²) in [6, 6.07) is 14.6. The smallest absolute Gasteiger partial charge is 0.246 e. The lowest BCUT2D eigenvalue weighted by molar-refractivity contribution is -0.121.